The van der Waals surface area contributed by atoms with E-state index in [0.717, 1.165) is 16.6 Å². The predicted octanol–water partition coefficient (Wildman–Crippen LogP) is 5.14. The van der Waals surface area contributed by atoms with Gasteiger partial charge in [-0.1, -0.05) is 54.6 Å². The van der Waals surface area contributed by atoms with Crippen molar-refractivity contribution in [1.82, 2.24) is 4.98 Å². The standard InChI is InChI=1S/C26H22N2O4/c29-25(28-23-12-6-7-13-24(23)32-21-9-2-1-3-10-21)18-31-26(30)17-16-20-15-14-19-8-4-5-11-22(19)27-20/h1-15H,16-18H2,(H,28,29). The Hall–Kier alpha value is -4.19. The van der Waals surface area contributed by atoms with Gasteiger partial charge in [-0.25, -0.2) is 0 Å². The fourth-order valence-electron chi connectivity index (χ4n) is 3.16. The number of fused-ring (bicyclic) bond motifs is 1. The lowest BCUT2D eigenvalue weighted by Crippen LogP contribution is -2.21. The largest absolute Gasteiger partial charge is 0.456 e. The van der Waals surface area contributed by atoms with Crippen molar-refractivity contribution in [2.45, 2.75) is 12.8 Å². The minimum atomic E-state index is -0.455. The summed E-state index contributed by atoms with van der Waals surface area (Å²) in [6.45, 7) is -0.371. The number of hydrogen-bond donors (Lipinski definition) is 1. The number of hydrogen-bond acceptors (Lipinski definition) is 5. The maximum absolute atomic E-state index is 12.3. The van der Waals surface area contributed by atoms with Gasteiger partial charge < -0.3 is 14.8 Å². The molecule has 6 nitrogen and oxygen atoms in total. The van der Waals surface area contributed by atoms with Crippen molar-refractivity contribution in [2.24, 2.45) is 0 Å². The minimum Gasteiger partial charge on any atom is -0.456 e. The zero-order valence-electron chi connectivity index (χ0n) is 17.4. The Morgan fingerprint density at radius 2 is 1.56 bits per heavy atom. The molecule has 4 aromatic rings. The number of carbonyl (C=O) groups excluding carboxylic acids is 2. The fraction of sp³-hybridized carbons (Fsp3) is 0.115. The van der Waals surface area contributed by atoms with Gasteiger partial charge in [0.2, 0.25) is 0 Å². The maximum atomic E-state index is 12.3. The van der Waals surface area contributed by atoms with Crippen LogP contribution in [0.3, 0.4) is 0 Å². The van der Waals surface area contributed by atoms with Crippen LogP contribution >= 0.6 is 0 Å². The number of esters is 1. The first-order valence-corrected chi connectivity index (χ1v) is 10.3. The van der Waals surface area contributed by atoms with E-state index in [4.69, 9.17) is 9.47 Å². The molecule has 3 aromatic carbocycles. The van der Waals surface area contributed by atoms with E-state index in [9.17, 15) is 9.59 Å². The second-order valence-electron chi connectivity index (χ2n) is 7.12. The molecule has 32 heavy (non-hydrogen) atoms. The third-order valence-corrected chi connectivity index (χ3v) is 4.74. The lowest BCUT2D eigenvalue weighted by molar-refractivity contribution is -0.147. The van der Waals surface area contributed by atoms with Gasteiger partial charge in [0.25, 0.3) is 5.91 Å². The van der Waals surface area contributed by atoms with Gasteiger partial charge in [0, 0.05) is 17.5 Å². The Balaban J connectivity index is 1.27. The number of aromatic nitrogens is 1. The average Bonchev–Trinajstić information content (AvgIpc) is 2.83. The van der Waals surface area contributed by atoms with Crippen molar-refractivity contribution in [3.63, 3.8) is 0 Å². The van der Waals surface area contributed by atoms with Crippen LogP contribution in [-0.2, 0) is 20.7 Å². The van der Waals surface area contributed by atoms with Crippen LogP contribution in [0.5, 0.6) is 11.5 Å². The smallest absolute Gasteiger partial charge is 0.306 e. The van der Waals surface area contributed by atoms with E-state index in [-0.39, 0.29) is 13.0 Å². The van der Waals surface area contributed by atoms with Crippen LogP contribution in [0.2, 0.25) is 0 Å². The normalized spacial score (nSPS) is 10.5. The quantitative estimate of drug-likeness (QED) is 0.395. The zero-order chi connectivity index (χ0) is 22.2. The molecule has 1 heterocycles. The first-order valence-electron chi connectivity index (χ1n) is 10.3. The number of rotatable bonds is 8. The lowest BCUT2D eigenvalue weighted by atomic mass is 10.1. The molecule has 1 N–H and O–H groups in total. The summed E-state index contributed by atoms with van der Waals surface area (Å²) in [6.07, 6.45) is 0.589. The summed E-state index contributed by atoms with van der Waals surface area (Å²) >= 11 is 0. The van der Waals surface area contributed by atoms with Crippen LogP contribution in [-0.4, -0.2) is 23.5 Å². The van der Waals surface area contributed by atoms with Crippen LogP contribution in [0.25, 0.3) is 10.9 Å². The third-order valence-electron chi connectivity index (χ3n) is 4.74. The van der Waals surface area contributed by atoms with Crippen molar-refractivity contribution in [2.75, 3.05) is 11.9 Å². The van der Waals surface area contributed by atoms with Gasteiger partial charge in [-0.15, -0.1) is 0 Å². The van der Waals surface area contributed by atoms with Crippen LogP contribution < -0.4 is 10.1 Å². The molecule has 0 fully saturated rings. The van der Waals surface area contributed by atoms with Crippen molar-refractivity contribution in [1.29, 1.82) is 0 Å². The van der Waals surface area contributed by atoms with Gasteiger partial charge in [0.1, 0.15) is 5.75 Å². The van der Waals surface area contributed by atoms with Crippen LogP contribution in [0.1, 0.15) is 12.1 Å². The highest BCUT2D eigenvalue weighted by molar-refractivity contribution is 5.94. The second kappa shape index (κ2) is 10.2. The summed E-state index contributed by atoms with van der Waals surface area (Å²) in [5, 5.41) is 3.77. The molecular formula is C26H22N2O4. The highest BCUT2D eigenvalue weighted by atomic mass is 16.5. The minimum absolute atomic E-state index is 0.145. The van der Waals surface area contributed by atoms with Gasteiger partial charge in [0.15, 0.2) is 12.4 Å². The van der Waals surface area contributed by atoms with Crippen LogP contribution in [0.4, 0.5) is 5.69 Å². The van der Waals surface area contributed by atoms with Crippen molar-refractivity contribution in [3.05, 3.63) is 96.7 Å². The number of carbonyl (C=O) groups is 2. The monoisotopic (exact) mass is 426 g/mol. The zero-order valence-corrected chi connectivity index (χ0v) is 17.4. The third kappa shape index (κ3) is 5.70. The van der Waals surface area contributed by atoms with Crippen LogP contribution in [0, 0.1) is 0 Å². The molecule has 1 amide bonds. The van der Waals surface area contributed by atoms with E-state index in [0.29, 0.717) is 23.6 Å². The molecule has 0 unspecified atom stereocenters. The molecule has 1 aromatic heterocycles. The molecule has 4 rings (SSSR count). The molecular weight excluding hydrogens is 404 g/mol. The molecule has 0 atom stereocenters. The van der Waals surface area contributed by atoms with Gasteiger partial charge in [-0.2, -0.15) is 0 Å². The molecule has 0 aliphatic rings. The second-order valence-corrected chi connectivity index (χ2v) is 7.12. The Kier molecular flexibility index (Phi) is 6.72. The highest BCUT2D eigenvalue weighted by Gasteiger charge is 2.12. The molecule has 160 valence electrons. The number of amides is 1. The predicted molar refractivity (Wildman–Crippen MR) is 123 cm³/mol. The number of nitrogens with zero attached hydrogens (tertiary/aromatic N) is 1. The first kappa shape index (κ1) is 21.1. The summed E-state index contributed by atoms with van der Waals surface area (Å²) in [5.74, 6) is 0.263. The first-order chi connectivity index (χ1) is 15.7. The van der Waals surface area contributed by atoms with E-state index in [1.165, 1.54) is 0 Å². The summed E-state index contributed by atoms with van der Waals surface area (Å²) < 4.78 is 10.9. The van der Waals surface area contributed by atoms with Gasteiger partial charge >= 0.3 is 5.97 Å². The number of anilines is 1. The molecule has 0 saturated heterocycles. The Morgan fingerprint density at radius 1 is 0.812 bits per heavy atom. The maximum Gasteiger partial charge on any atom is 0.306 e. The SMILES string of the molecule is O=C(COC(=O)CCc1ccc2ccccc2n1)Nc1ccccc1Oc1ccccc1. The van der Waals surface area contributed by atoms with Gasteiger partial charge in [0.05, 0.1) is 17.6 Å². The Bertz CT molecular complexity index is 1220. The lowest BCUT2D eigenvalue weighted by Gasteiger charge is -2.12. The van der Waals surface area contributed by atoms with Crippen LogP contribution in [0.15, 0.2) is 91.0 Å². The molecule has 6 heteroatoms. The fourth-order valence-corrected chi connectivity index (χ4v) is 3.16. The molecule has 0 aliphatic heterocycles. The van der Waals surface area contributed by atoms with Crippen molar-refractivity contribution in [3.8, 4) is 11.5 Å². The number of nitrogens with one attached hydrogen (secondary N) is 1. The molecule has 0 radical (unpaired) electrons. The highest BCUT2D eigenvalue weighted by Crippen LogP contribution is 2.29. The average molecular weight is 426 g/mol. The van der Waals surface area contributed by atoms with E-state index in [1.54, 1.807) is 18.2 Å². The van der Waals surface area contributed by atoms with Crippen molar-refractivity contribution < 1.29 is 19.1 Å². The van der Waals surface area contributed by atoms with Crippen molar-refractivity contribution >= 4 is 28.5 Å². The van der Waals surface area contributed by atoms with E-state index in [2.05, 4.69) is 10.3 Å². The number of para-hydroxylation sites is 4. The molecule has 0 bridgehead atoms. The molecule has 0 spiro atoms. The molecule has 0 saturated carbocycles. The summed E-state index contributed by atoms with van der Waals surface area (Å²) in [5.41, 5.74) is 2.18. The number of aryl methyl sites for hydroxylation is 1. The number of ether oxygens (including phenoxy) is 2. The number of pyridine rings is 1. The number of benzene rings is 3. The topological polar surface area (TPSA) is 77.5 Å². The molecule has 0 aliphatic carbocycles. The van der Waals surface area contributed by atoms with E-state index >= 15 is 0 Å². The van der Waals surface area contributed by atoms with E-state index in [1.807, 2.05) is 72.8 Å². The van der Waals surface area contributed by atoms with E-state index < -0.39 is 11.9 Å². The van der Waals surface area contributed by atoms with Gasteiger partial charge in [-0.3, -0.25) is 14.6 Å². The summed E-state index contributed by atoms with van der Waals surface area (Å²) in [4.78, 5) is 28.9. The Morgan fingerprint density at radius 3 is 2.44 bits per heavy atom. The van der Waals surface area contributed by atoms with Gasteiger partial charge in [-0.05, 0) is 36.4 Å². The summed E-state index contributed by atoms with van der Waals surface area (Å²) in [7, 11) is 0. The Labute approximate surface area is 185 Å². The summed E-state index contributed by atoms with van der Waals surface area (Å²) in [6, 6.07) is 28.0.